The van der Waals surface area contributed by atoms with Crippen LogP contribution in [-0.4, -0.2) is 59.1 Å². The minimum Gasteiger partial charge on any atom is -0.481 e. The van der Waals surface area contributed by atoms with Gasteiger partial charge in [-0.15, -0.1) is 0 Å². The molecule has 0 aromatic heterocycles. The lowest BCUT2D eigenvalue weighted by Gasteiger charge is -2.44. The summed E-state index contributed by atoms with van der Waals surface area (Å²) in [4.78, 5) is 26.1. The van der Waals surface area contributed by atoms with Gasteiger partial charge in [-0.2, -0.15) is 11.8 Å². The molecular weight excluding hydrogens is 288 g/mol. The molecule has 2 rings (SSSR count). The predicted octanol–water partition coefficient (Wildman–Crippen LogP) is 1.57. The zero-order valence-corrected chi connectivity index (χ0v) is 13.6. The van der Waals surface area contributed by atoms with Crippen LogP contribution in [0.15, 0.2) is 0 Å². The molecule has 0 aromatic rings. The first-order valence-electron chi connectivity index (χ1n) is 7.90. The maximum absolute atomic E-state index is 13.1. The number of hydrogen-bond donors (Lipinski definition) is 2. The van der Waals surface area contributed by atoms with Gasteiger partial charge in [0.25, 0.3) is 0 Å². The summed E-state index contributed by atoms with van der Waals surface area (Å²) in [5.41, 5.74) is -0.314. The second-order valence-corrected chi connectivity index (χ2v) is 7.29. The molecule has 2 unspecified atom stereocenters. The first kappa shape index (κ1) is 16.6. The lowest BCUT2D eigenvalue weighted by Crippen LogP contribution is -2.57. The fourth-order valence-corrected chi connectivity index (χ4v) is 4.61. The number of hydrogen-bond acceptors (Lipinski definition) is 4. The van der Waals surface area contributed by atoms with Crippen molar-refractivity contribution in [3.8, 4) is 0 Å². The molecule has 1 amide bonds. The van der Waals surface area contributed by atoms with E-state index < -0.39 is 5.97 Å². The lowest BCUT2D eigenvalue weighted by molar-refractivity contribution is -0.148. The molecule has 0 aliphatic carbocycles. The normalized spacial score (nSPS) is 30.1. The molecule has 6 heteroatoms. The van der Waals surface area contributed by atoms with Crippen molar-refractivity contribution in [2.45, 2.75) is 45.1 Å². The first-order valence-corrected chi connectivity index (χ1v) is 9.06. The predicted molar refractivity (Wildman–Crippen MR) is 84.5 cm³/mol. The van der Waals surface area contributed by atoms with Gasteiger partial charge in [0, 0.05) is 24.6 Å². The van der Waals surface area contributed by atoms with Gasteiger partial charge in [-0.1, -0.05) is 13.3 Å². The third kappa shape index (κ3) is 3.92. The Hall–Kier alpha value is -0.750. The Morgan fingerprint density at radius 1 is 1.48 bits per heavy atom. The Bertz CT molecular complexity index is 378. The SMILES string of the molecule is CCCC1(C(=O)N2CCSCC2CC(=O)O)CCCNC1. The highest BCUT2D eigenvalue weighted by Gasteiger charge is 2.43. The molecule has 0 bridgehead atoms. The molecule has 5 nitrogen and oxygen atoms in total. The van der Waals surface area contributed by atoms with Gasteiger partial charge in [-0.25, -0.2) is 0 Å². The number of carboxylic acid groups (broad SMARTS) is 1. The zero-order valence-electron chi connectivity index (χ0n) is 12.8. The lowest BCUT2D eigenvalue weighted by atomic mass is 9.75. The standard InChI is InChI=1S/C15H26N2O3S/c1-2-4-15(5-3-6-16-11-15)14(20)17-7-8-21-10-12(17)9-13(18)19/h12,16H,2-11H2,1H3,(H,18,19). The molecule has 0 radical (unpaired) electrons. The summed E-state index contributed by atoms with van der Waals surface area (Å²) in [6.45, 7) is 4.52. The molecule has 0 spiro atoms. The van der Waals surface area contributed by atoms with Crippen LogP contribution in [0.2, 0.25) is 0 Å². The highest BCUT2D eigenvalue weighted by molar-refractivity contribution is 7.99. The van der Waals surface area contributed by atoms with Crippen molar-refractivity contribution in [1.29, 1.82) is 0 Å². The number of carbonyl (C=O) groups is 2. The number of piperidine rings is 1. The van der Waals surface area contributed by atoms with E-state index in [0.717, 1.165) is 50.3 Å². The van der Waals surface area contributed by atoms with Crippen LogP contribution in [0.25, 0.3) is 0 Å². The molecule has 120 valence electrons. The van der Waals surface area contributed by atoms with Crippen molar-refractivity contribution in [2.24, 2.45) is 5.41 Å². The number of nitrogens with zero attached hydrogens (tertiary/aromatic N) is 1. The highest BCUT2D eigenvalue weighted by Crippen LogP contribution is 2.36. The Balaban J connectivity index is 2.15. The summed E-state index contributed by atoms with van der Waals surface area (Å²) in [6, 6.07) is -0.149. The maximum atomic E-state index is 13.1. The van der Waals surface area contributed by atoms with E-state index in [1.165, 1.54) is 0 Å². The monoisotopic (exact) mass is 314 g/mol. The molecule has 2 aliphatic heterocycles. The van der Waals surface area contributed by atoms with Crippen molar-refractivity contribution in [3.63, 3.8) is 0 Å². The van der Waals surface area contributed by atoms with E-state index in [4.69, 9.17) is 5.11 Å². The third-order valence-electron chi connectivity index (χ3n) is 4.55. The average molecular weight is 314 g/mol. The van der Waals surface area contributed by atoms with Crippen molar-refractivity contribution in [1.82, 2.24) is 10.2 Å². The fraction of sp³-hybridized carbons (Fsp3) is 0.867. The van der Waals surface area contributed by atoms with Gasteiger partial charge in [0.1, 0.15) is 0 Å². The zero-order chi connectivity index (χ0) is 15.3. The summed E-state index contributed by atoms with van der Waals surface area (Å²) in [6.07, 6.45) is 3.89. The summed E-state index contributed by atoms with van der Waals surface area (Å²) in [5.74, 6) is 1.03. The molecule has 0 aromatic carbocycles. The number of aliphatic carboxylic acids is 1. The smallest absolute Gasteiger partial charge is 0.305 e. The Labute approximate surface area is 130 Å². The van der Waals surface area contributed by atoms with Gasteiger partial charge in [0.2, 0.25) is 5.91 Å². The second kappa shape index (κ2) is 7.49. The van der Waals surface area contributed by atoms with Crippen molar-refractivity contribution in [3.05, 3.63) is 0 Å². The first-order chi connectivity index (χ1) is 10.1. The van der Waals surface area contributed by atoms with Crippen LogP contribution < -0.4 is 5.32 Å². The van der Waals surface area contributed by atoms with E-state index in [9.17, 15) is 9.59 Å². The van der Waals surface area contributed by atoms with Crippen LogP contribution in [0, 0.1) is 5.41 Å². The molecule has 2 aliphatic rings. The average Bonchev–Trinajstić information content (AvgIpc) is 2.48. The Morgan fingerprint density at radius 3 is 2.90 bits per heavy atom. The minimum absolute atomic E-state index is 0.0639. The Morgan fingerprint density at radius 2 is 2.29 bits per heavy atom. The van der Waals surface area contributed by atoms with Crippen molar-refractivity contribution in [2.75, 3.05) is 31.1 Å². The van der Waals surface area contributed by atoms with Crippen LogP contribution in [0.1, 0.15) is 39.0 Å². The summed E-state index contributed by atoms with van der Waals surface area (Å²) < 4.78 is 0. The molecule has 2 fully saturated rings. The van der Waals surface area contributed by atoms with E-state index in [1.54, 1.807) is 11.8 Å². The van der Waals surface area contributed by atoms with Gasteiger partial charge in [0.15, 0.2) is 0 Å². The minimum atomic E-state index is -0.813. The van der Waals surface area contributed by atoms with Crippen LogP contribution >= 0.6 is 11.8 Å². The molecule has 2 heterocycles. The number of amides is 1. The molecule has 2 atom stereocenters. The van der Waals surface area contributed by atoms with Gasteiger partial charge >= 0.3 is 5.97 Å². The number of thioether (sulfide) groups is 1. The van der Waals surface area contributed by atoms with Crippen molar-refractivity contribution < 1.29 is 14.7 Å². The largest absolute Gasteiger partial charge is 0.481 e. The quantitative estimate of drug-likeness (QED) is 0.806. The van der Waals surface area contributed by atoms with E-state index in [2.05, 4.69) is 12.2 Å². The maximum Gasteiger partial charge on any atom is 0.305 e. The van der Waals surface area contributed by atoms with E-state index in [0.29, 0.717) is 6.54 Å². The molecule has 2 N–H and O–H groups in total. The van der Waals surface area contributed by atoms with Gasteiger partial charge in [-0.3, -0.25) is 9.59 Å². The van der Waals surface area contributed by atoms with Gasteiger partial charge < -0.3 is 15.3 Å². The summed E-state index contributed by atoms with van der Waals surface area (Å²) in [7, 11) is 0. The van der Waals surface area contributed by atoms with Crippen LogP contribution in [0.4, 0.5) is 0 Å². The molecule has 2 saturated heterocycles. The van der Waals surface area contributed by atoms with E-state index in [1.807, 2.05) is 4.90 Å². The Kier molecular flexibility index (Phi) is 5.93. The van der Waals surface area contributed by atoms with Crippen LogP contribution in [0.5, 0.6) is 0 Å². The van der Waals surface area contributed by atoms with E-state index in [-0.39, 0.29) is 23.8 Å². The molecular formula is C15H26N2O3S. The van der Waals surface area contributed by atoms with Crippen LogP contribution in [-0.2, 0) is 9.59 Å². The van der Waals surface area contributed by atoms with Gasteiger partial charge in [-0.05, 0) is 25.8 Å². The van der Waals surface area contributed by atoms with Crippen LogP contribution in [0.3, 0.4) is 0 Å². The summed E-state index contributed by atoms with van der Waals surface area (Å²) in [5, 5.41) is 12.5. The topological polar surface area (TPSA) is 69.6 Å². The van der Waals surface area contributed by atoms with E-state index >= 15 is 0 Å². The third-order valence-corrected chi connectivity index (χ3v) is 5.64. The molecule has 21 heavy (non-hydrogen) atoms. The molecule has 0 saturated carbocycles. The fourth-order valence-electron chi connectivity index (χ4n) is 3.55. The second-order valence-electron chi connectivity index (χ2n) is 6.14. The van der Waals surface area contributed by atoms with Gasteiger partial charge in [0.05, 0.1) is 17.9 Å². The number of rotatable bonds is 5. The van der Waals surface area contributed by atoms with Crippen molar-refractivity contribution >= 4 is 23.6 Å². The number of carboxylic acids is 1. The summed E-state index contributed by atoms with van der Waals surface area (Å²) >= 11 is 1.75. The highest BCUT2D eigenvalue weighted by atomic mass is 32.2. The number of nitrogens with one attached hydrogen (secondary N) is 1. The number of carbonyl (C=O) groups excluding carboxylic acids is 1.